The molecule has 0 atom stereocenters. The Kier molecular flexibility index (Phi) is 1.66. The summed E-state index contributed by atoms with van der Waals surface area (Å²) in [5.41, 5.74) is 1.71. The van der Waals surface area contributed by atoms with Crippen molar-refractivity contribution in [3.05, 3.63) is 36.7 Å². The first-order chi connectivity index (χ1) is 5.86. The summed E-state index contributed by atoms with van der Waals surface area (Å²) in [5, 5.41) is 7.54. The van der Waals surface area contributed by atoms with Crippen LogP contribution in [0, 0.1) is 0 Å². The third-order valence-electron chi connectivity index (χ3n) is 1.58. The van der Waals surface area contributed by atoms with Gasteiger partial charge in [-0.3, -0.25) is 0 Å². The fourth-order valence-electron chi connectivity index (χ4n) is 0.973. The molecular formula is C8H6BN3. The molecule has 1 aromatic heterocycles. The van der Waals surface area contributed by atoms with E-state index in [-0.39, 0.29) is 0 Å². The predicted octanol–water partition coefficient (Wildman–Crippen LogP) is 0.0611. The van der Waals surface area contributed by atoms with E-state index in [2.05, 4.69) is 10.3 Å². The van der Waals surface area contributed by atoms with Crippen LogP contribution in [0.5, 0.6) is 0 Å². The number of benzene rings is 1. The lowest BCUT2D eigenvalue weighted by Crippen LogP contribution is -2.02. The average Bonchev–Trinajstić information content (AvgIpc) is 2.58. The van der Waals surface area contributed by atoms with E-state index in [1.165, 1.54) is 0 Å². The summed E-state index contributed by atoms with van der Waals surface area (Å²) >= 11 is 0. The van der Waals surface area contributed by atoms with Gasteiger partial charge in [-0.15, -0.1) is 5.10 Å². The van der Waals surface area contributed by atoms with E-state index in [4.69, 9.17) is 7.85 Å². The Hall–Kier alpha value is -1.58. The molecule has 0 unspecified atom stereocenters. The molecule has 2 radical (unpaired) electrons. The Balaban J connectivity index is 2.43. The van der Waals surface area contributed by atoms with E-state index in [1.807, 2.05) is 24.3 Å². The zero-order valence-corrected chi connectivity index (χ0v) is 6.38. The maximum Gasteiger partial charge on any atom is 0.113 e. The van der Waals surface area contributed by atoms with Crippen LogP contribution in [-0.4, -0.2) is 22.8 Å². The monoisotopic (exact) mass is 155 g/mol. The van der Waals surface area contributed by atoms with Crippen molar-refractivity contribution in [2.75, 3.05) is 0 Å². The number of hydrogen-bond acceptors (Lipinski definition) is 2. The molecule has 0 saturated carbocycles. The summed E-state index contributed by atoms with van der Waals surface area (Å²) in [7, 11) is 5.53. The molecule has 0 N–H and O–H groups in total. The minimum atomic E-state index is 0.749. The molecular weight excluding hydrogens is 149 g/mol. The van der Waals surface area contributed by atoms with E-state index < -0.39 is 0 Å². The van der Waals surface area contributed by atoms with Crippen LogP contribution >= 0.6 is 0 Å². The molecule has 0 aliphatic heterocycles. The van der Waals surface area contributed by atoms with E-state index in [0.29, 0.717) is 0 Å². The van der Waals surface area contributed by atoms with Gasteiger partial charge >= 0.3 is 0 Å². The van der Waals surface area contributed by atoms with Gasteiger partial charge in [0.25, 0.3) is 0 Å². The number of hydrogen-bond donors (Lipinski definition) is 0. The third kappa shape index (κ3) is 1.23. The van der Waals surface area contributed by atoms with Gasteiger partial charge in [0.05, 0.1) is 18.1 Å². The molecule has 0 bridgehead atoms. The molecule has 1 aromatic carbocycles. The topological polar surface area (TPSA) is 30.7 Å². The molecule has 0 spiro atoms. The second-order valence-electron chi connectivity index (χ2n) is 2.44. The molecule has 0 saturated heterocycles. The van der Waals surface area contributed by atoms with E-state index in [9.17, 15) is 0 Å². The zero-order valence-electron chi connectivity index (χ0n) is 6.38. The smallest absolute Gasteiger partial charge is 0.113 e. The SMILES string of the molecule is [B]c1ccc(-n2ccnn2)cc1. The molecule has 1 heterocycles. The van der Waals surface area contributed by atoms with Gasteiger partial charge in [0.1, 0.15) is 7.85 Å². The molecule has 2 rings (SSSR count). The normalized spacial score (nSPS) is 10.0. The predicted molar refractivity (Wildman–Crippen MR) is 46.7 cm³/mol. The number of nitrogens with zero attached hydrogens (tertiary/aromatic N) is 3. The van der Waals surface area contributed by atoms with Crippen molar-refractivity contribution in [3.63, 3.8) is 0 Å². The Morgan fingerprint density at radius 2 is 1.92 bits per heavy atom. The second-order valence-corrected chi connectivity index (χ2v) is 2.44. The highest BCUT2D eigenvalue weighted by Crippen LogP contribution is 2.01. The molecule has 0 fully saturated rings. The highest BCUT2D eigenvalue weighted by atomic mass is 15.4. The molecule has 4 heteroatoms. The summed E-state index contributed by atoms with van der Waals surface area (Å²) in [6.45, 7) is 0. The highest BCUT2D eigenvalue weighted by molar-refractivity contribution is 6.32. The first-order valence-electron chi connectivity index (χ1n) is 3.58. The highest BCUT2D eigenvalue weighted by Gasteiger charge is 1.93. The Bertz CT molecular complexity index is 352. The fraction of sp³-hybridized carbons (Fsp3) is 0. The van der Waals surface area contributed by atoms with Gasteiger partial charge in [0, 0.05) is 0 Å². The molecule has 2 aromatic rings. The van der Waals surface area contributed by atoms with Gasteiger partial charge in [-0.1, -0.05) is 22.8 Å². The van der Waals surface area contributed by atoms with Crippen molar-refractivity contribution < 1.29 is 0 Å². The van der Waals surface area contributed by atoms with Crippen LogP contribution in [-0.2, 0) is 0 Å². The number of rotatable bonds is 1. The van der Waals surface area contributed by atoms with Crippen molar-refractivity contribution in [3.8, 4) is 5.69 Å². The molecule has 0 amide bonds. The van der Waals surface area contributed by atoms with Crippen molar-refractivity contribution in [2.24, 2.45) is 0 Å². The largest absolute Gasteiger partial charge is 0.221 e. The Morgan fingerprint density at radius 1 is 1.17 bits per heavy atom. The Labute approximate surface area is 71.4 Å². The lowest BCUT2D eigenvalue weighted by molar-refractivity contribution is 0.803. The lowest BCUT2D eigenvalue weighted by Gasteiger charge is -1.99. The van der Waals surface area contributed by atoms with Crippen molar-refractivity contribution >= 4 is 13.3 Å². The van der Waals surface area contributed by atoms with Gasteiger partial charge in [-0.25, -0.2) is 4.68 Å². The first-order valence-corrected chi connectivity index (χ1v) is 3.58. The van der Waals surface area contributed by atoms with E-state index in [0.717, 1.165) is 11.2 Å². The van der Waals surface area contributed by atoms with Gasteiger partial charge in [-0.05, 0) is 12.1 Å². The maximum absolute atomic E-state index is 5.53. The third-order valence-corrected chi connectivity index (χ3v) is 1.58. The Morgan fingerprint density at radius 3 is 2.50 bits per heavy atom. The second kappa shape index (κ2) is 2.81. The van der Waals surface area contributed by atoms with Crippen molar-refractivity contribution in [2.45, 2.75) is 0 Å². The standard InChI is InChI=1S/C8H6BN3/c9-7-1-3-8(4-2-7)12-6-5-10-11-12/h1-6H. The maximum atomic E-state index is 5.53. The van der Waals surface area contributed by atoms with Gasteiger partial charge in [0.15, 0.2) is 0 Å². The summed E-state index contributed by atoms with van der Waals surface area (Å²) in [4.78, 5) is 0. The summed E-state index contributed by atoms with van der Waals surface area (Å²) in [6, 6.07) is 7.45. The molecule has 56 valence electrons. The molecule has 0 aliphatic rings. The minimum absolute atomic E-state index is 0.749. The lowest BCUT2D eigenvalue weighted by atomic mass is 9.96. The minimum Gasteiger partial charge on any atom is -0.221 e. The summed E-state index contributed by atoms with van der Waals surface area (Å²) in [5.74, 6) is 0. The summed E-state index contributed by atoms with van der Waals surface area (Å²) < 4.78 is 1.68. The van der Waals surface area contributed by atoms with Crippen LogP contribution in [0.15, 0.2) is 36.7 Å². The van der Waals surface area contributed by atoms with Gasteiger partial charge in [0.2, 0.25) is 0 Å². The first kappa shape index (κ1) is 7.09. The zero-order chi connectivity index (χ0) is 8.39. The fourth-order valence-corrected chi connectivity index (χ4v) is 0.973. The van der Waals surface area contributed by atoms with Crippen LogP contribution in [0.3, 0.4) is 0 Å². The molecule has 12 heavy (non-hydrogen) atoms. The quantitative estimate of drug-likeness (QED) is 0.545. The van der Waals surface area contributed by atoms with Crippen molar-refractivity contribution in [1.29, 1.82) is 0 Å². The summed E-state index contributed by atoms with van der Waals surface area (Å²) in [6.07, 6.45) is 3.42. The van der Waals surface area contributed by atoms with Crippen molar-refractivity contribution in [1.82, 2.24) is 15.0 Å². The van der Waals surface area contributed by atoms with Crippen LogP contribution in [0.4, 0.5) is 0 Å². The van der Waals surface area contributed by atoms with Gasteiger partial charge in [-0.2, -0.15) is 0 Å². The van der Waals surface area contributed by atoms with Crippen LogP contribution in [0.1, 0.15) is 0 Å². The van der Waals surface area contributed by atoms with E-state index >= 15 is 0 Å². The van der Waals surface area contributed by atoms with Crippen LogP contribution in [0.2, 0.25) is 0 Å². The van der Waals surface area contributed by atoms with Gasteiger partial charge < -0.3 is 0 Å². The number of aromatic nitrogens is 3. The average molecular weight is 155 g/mol. The molecule has 0 aliphatic carbocycles. The molecule has 3 nitrogen and oxygen atoms in total. The van der Waals surface area contributed by atoms with Crippen LogP contribution in [0.25, 0.3) is 5.69 Å². The van der Waals surface area contributed by atoms with E-state index in [1.54, 1.807) is 17.1 Å². The van der Waals surface area contributed by atoms with Crippen LogP contribution < -0.4 is 5.46 Å².